The molecule has 0 aromatic carbocycles. The summed E-state index contributed by atoms with van der Waals surface area (Å²) in [6, 6.07) is 0. The normalized spacial score (nSPS) is 10.2. The van der Waals surface area contributed by atoms with E-state index in [0.717, 1.165) is 4.57 Å². The lowest BCUT2D eigenvalue weighted by Crippen LogP contribution is -2.19. The average molecular weight is 248 g/mol. The summed E-state index contributed by atoms with van der Waals surface area (Å²) in [4.78, 5) is 3.83. The van der Waals surface area contributed by atoms with Crippen LogP contribution < -0.4 is 4.74 Å². The first-order chi connectivity index (χ1) is 7.89. The second-order valence-electron chi connectivity index (χ2n) is 2.67. The SMILES string of the molecule is C=Cc1nc(C)c(OC(F)(F)F)n1C=C.CC. The van der Waals surface area contributed by atoms with Crippen LogP contribution in [0.1, 0.15) is 25.4 Å². The fraction of sp³-hybridized carbons (Fsp3) is 0.364. The van der Waals surface area contributed by atoms with Crippen LogP contribution in [-0.2, 0) is 0 Å². The molecule has 0 radical (unpaired) electrons. The predicted octanol–water partition coefficient (Wildman–Crippen LogP) is 3.86. The summed E-state index contributed by atoms with van der Waals surface area (Å²) in [7, 11) is 0. The number of hydrogen-bond acceptors (Lipinski definition) is 2. The molecule has 0 aliphatic carbocycles. The molecule has 17 heavy (non-hydrogen) atoms. The Morgan fingerprint density at radius 3 is 2.18 bits per heavy atom. The molecule has 1 rings (SSSR count). The first-order valence-corrected chi connectivity index (χ1v) is 4.98. The molecule has 6 heteroatoms. The molecule has 3 nitrogen and oxygen atoms in total. The van der Waals surface area contributed by atoms with Crippen LogP contribution in [-0.4, -0.2) is 15.9 Å². The largest absolute Gasteiger partial charge is 0.574 e. The van der Waals surface area contributed by atoms with Crippen molar-refractivity contribution in [2.45, 2.75) is 27.1 Å². The Labute approximate surface area is 98.2 Å². The molecular formula is C11H15F3N2O. The summed E-state index contributed by atoms with van der Waals surface area (Å²) >= 11 is 0. The van der Waals surface area contributed by atoms with Gasteiger partial charge in [0.05, 0.1) is 0 Å². The Kier molecular flexibility index (Phi) is 5.50. The smallest absolute Gasteiger partial charge is 0.387 e. The molecule has 96 valence electrons. The minimum atomic E-state index is -4.75. The average Bonchev–Trinajstić information content (AvgIpc) is 2.56. The van der Waals surface area contributed by atoms with Crippen molar-refractivity contribution in [1.82, 2.24) is 9.55 Å². The van der Waals surface area contributed by atoms with E-state index >= 15 is 0 Å². The van der Waals surface area contributed by atoms with E-state index in [9.17, 15) is 13.2 Å². The molecule has 0 saturated carbocycles. The maximum absolute atomic E-state index is 12.0. The van der Waals surface area contributed by atoms with Gasteiger partial charge in [0.1, 0.15) is 11.5 Å². The maximum atomic E-state index is 12.0. The quantitative estimate of drug-likeness (QED) is 0.812. The molecule has 0 aliphatic heterocycles. The van der Waals surface area contributed by atoms with E-state index in [-0.39, 0.29) is 11.5 Å². The summed E-state index contributed by atoms with van der Waals surface area (Å²) in [6.07, 6.45) is -2.25. The number of imidazole rings is 1. The lowest BCUT2D eigenvalue weighted by molar-refractivity contribution is -0.276. The van der Waals surface area contributed by atoms with Gasteiger partial charge < -0.3 is 4.74 Å². The van der Waals surface area contributed by atoms with Crippen molar-refractivity contribution in [3.8, 4) is 5.88 Å². The van der Waals surface area contributed by atoms with Crippen LogP contribution >= 0.6 is 0 Å². The summed E-state index contributed by atoms with van der Waals surface area (Å²) in [6.45, 7) is 12.2. The molecule has 0 amide bonds. The van der Waals surface area contributed by atoms with Gasteiger partial charge in [0.25, 0.3) is 0 Å². The van der Waals surface area contributed by atoms with Crippen LogP contribution in [0.25, 0.3) is 12.3 Å². The van der Waals surface area contributed by atoms with E-state index in [1.54, 1.807) is 0 Å². The number of nitrogens with zero attached hydrogens (tertiary/aromatic N) is 2. The number of halogens is 3. The molecule has 0 unspecified atom stereocenters. The van der Waals surface area contributed by atoms with Crippen LogP contribution in [0.2, 0.25) is 0 Å². The molecule has 0 spiro atoms. The second-order valence-corrected chi connectivity index (χ2v) is 2.67. The highest BCUT2D eigenvalue weighted by Gasteiger charge is 2.34. The zero-order valence-corrected chi connectivity index (χ0v) is 10.0. The van der Waals surface area contributed by atoms with Crippen molar-refractivity contribution < 1.29 is 17.9 Å². The number of aromatic nitrogens is 2. The zero-order valence-electron chi connectivity index (χ0n) is 10.0. The first-order valence-electron chi connectivity index (χ1n) is 4.98. The Morgan fingerprint density at radius 1 is 1.29 bits per heavy atom. The van der Waals surface area contributed by atoms with E-state index < -0.39 is 12.2 Å². The monoisotopic (exact) mass is 248 g/mol. The Hall–Kier alpha value is -1.72. The summed E-state index contributed by atoms with van der Waals surface area (Å²) in [5, 5.41) is 0. The molecule has 0 saturated heterocycles. The fourth-order valence-corrected chi connectivity index (χ4v) is 1.10. The topological polar surface area (TPSA) is 27.1 Å². The summed E-state index contributed by atoms with van der Waals surface area (Å²) < 4.78 is 41.0. The number of alkyl halides is 3. The number of ether oxygens (including phenoxy) is 1. The van der Waals surface area contributed by atoms with Crippen molar-refractivity contribution in [3.05, 3.63) is 24.7 Å². The van der Waals surface area contributed by atoms with Crippen molar-refractivity contribution in [2.24, 2.45) is 0 Å². The van der Waals surface area contributed by atoms with Gasteiger partial charge >= 0.3 is 6.36 Å². The molecule has 0 aliphatic rings. The Balaban J connectivity index is 0.00000121. The summed E-state index contributed by atoms with van der Waals surface area (Å²) in [5.74, 6) is -0.144. The number of hydrogen-bond donors (Lipinski definition) is 0. The van der Waals surface area contributed by atoms with Gasteiger partial charge in [0.15, 0.2) is 0 Å². The van der Waals surface area contributed by atoms with Crippen LogP contribution in [0.15, 0.2) is 13.2 Å². The predicted molar refractivity (Wildman–Crippen MR) is 61.5 cm³/mol. The molecule has 0 N–H and O–H groups in total. The van der Waals surface area contributed by atoms with Crippen LogP contribution in [0, 0.1) is 6.92 Å². The highest BCUT2D eigenvalue weighted by molar-refractivity contribution is 5.47. The molecule has 0 atom stereocenters. The first kappa shape index (κ1) is 15.3. The zero-order chi connectivity index (χ0) is 13.6. The number of rotatable bonds is 3. The van der Waals surface area contributed by atoms with Crippen LogP contribution in [0.4, 0.5) is 13.2 Å². The minimum absolute atomic E-state index is 0.127. The van der Waals surface area contributed by atoms with Gasteiger partial charge in [-0.3, -0.25) is 4.57 Å². The molecule has 0 bridgehead atoms. The van der Waals surface area contributed by atoms with Gasteiger partial charge in [0.2, 0.25) is 5.88 Å². The third-order valence-electron chi connectivity index (χ3n) is 1.63. The fourth-order valence-electron chi connectivity index (χ4n) is 1.10. The van der Waals surface area contributed by atoms with Crippen molar-refractivity contribution in [3.63, 3.8) is 0 Å². The van der Waals surface area contributed by atoms with Gasteiger partial charge in [-0.15, -0.1) is 13.2 Å². The van der Waals surface area contributed by atoms with E-state index in [0.29, 0.717) is 0 Å². The Bertz CT molecular complexity index is 394. The van der Waals surface area contributed by atoms with E-state index in [1.807, 2.05) is 13.8 Å². The van der Waals surface area contributed by atoms with Gasteiger partial charge in [-0.2, -0.15) is 0 Å². The molecule has 1 aromatic rings. The third-order valence-corrected chi connectivity index (χ3v) is 1.63. The lowest BCUT2D eigenvalue weighted by Gasteiger charge is -2.10. The van der Waals surface area contributed by atoms with Gasteiger partial charge in [-0.05, 0) is 13.0 Å². The van der Waals surface area contributed by atoms with E-state index in [2.05, 4.69) is 22.9 Å². The highest BCUT2D eigenvalue weighted by atomic mass is 19.4. The van der Waals surface area contributed by atoms with Crippen molar-refractivity contribution >= 4 is 12.3 Å². The lowest BCUT2D eigenvalue weighted by atomic mass is 10.5. The van der Waals surface area contributed by atoms with Gasteiger partial charge in [0, 0.05) is 6.20 Å². The highest BCUT2D eigenvalue weighted by Crippen LogP contribution is 2.27. The van der Waals surface area contributed by atoms with E-state index in [4.69, 9.17) is 0 Å². The van der Waals surface area contributed by atoms with Crippen molar-refractivity contribution in [1.29, 1.82) is 0 Å². The maximum Gasteiger partial charge on any atom is 0.574 e. The number of aryl methyl sites for hydroxylation is 1. The minimum Gasteiger partial charge on any atom is -0.387 e. The van der Waals surface area contributed by atoms with Gasteiger partial charge in [-0.25, -0.2) is 4.98 Å². The standard InChI is InChI=1S/C9H9F3N2O.C2H6/c1-4-7-13-6(3)8(14(7)5-2)15-9(10,11)12;1-2/h4-5H,1-2H2,3H3;1-2H3. The van der Waals surface area contributed by atoms with Crippen LogP contribution in [0.5, 0.6) is 5.88 Å². The van der Waals surface area contributed by atoms with E-state index in [1.165, 1.54) is 19.2 Å². The Morgan fingerprint density at radius 2 is 1.82 bits per heavy atom. The molecule has 1 heterocycles. The second kappa shape index (κ2) is 6.12. The van der Waals surface area contributed by atoms with Crippen molar-refractivity contribution in [2.75, 3.05) is 0 Å². The van der Waals surface area contributed by atoms with Gasteiger partial charge in [-0.1, -0.05) is 27.0 Å². The van der Waals surface area contributed by atoms with Crippen LogP contribution in [0.3, 0.4) is 0 Å². The third kappa shape index (κ3) is 3.97. The summed E-state index contributed by atoms with van der Waals surface area (Å²) in [5.41, 5.74) is 0.127. The molecule has 0 fully saturated rings. The molecule has 1 aromatic heterocycles. The molecular weight excluding hydrogens is 233 g/mol.